The van der Waals surface area contributed by atoms with Crippen molar-refractivity contribution in [2.45, 2.75) is 46.3 Å². The summed E-state index contributed by atoms with van der Waals surface area (Å²) in [6, 6.07) is 13.3. The van der Waals surface area contributed by atoms with Crippen LogP contribution in [0.3, 0.4) is 0 Å². The van der Waals surface area contributed by atoms with Gasteiger partial charge in [-0.25, -0.2) is 4.98 Å². The van der Waals surface area contributed by atoms with Crippen LogP contribution in [0.1, 0.15) is 49.9 Å². The van der Waals surface area contributed by atoms with E-state index < -0.39 is 0 Å². The Bertz CT molecular complexity index is 1370. The van der Waals surface area contributed by atoms with Gasteiger partial charge in [-0.05, 0) is 57.4 Å². The monoisotopic (exact) mass is 522 g/mol. The molecule has 7 nitrogen and oxygen atoms in total. The van der Waals surface area contributed by atoms with Gasteiger partial charge in [-0.2, -0.15) is 0 Å². The third-order valence-corrected chi connectivity index (χ3v) is 7.25. The number of anilines is 1. The van der Waals surface area contributed by atoms with E-state index in [0.29, 0.717) is 39.4 Å². The number of amides is 1. The highest BCUT2D eigenvalue weighted by Gasteiger charge is 2.36. The van der Waals surface area contributed by atoms with E-state index in [9.17, 15) is 9.59 Å². The van der Waals surface area contributed by atoms with Crippen LogP contribution in [-0.2, 0) is 9.53 Å². The molecule has 9 heteroatoms. The van der Waals surface area contributed by atoms with Crippen molar-refractivity contribution in [1.29, 1.82) is 0 Å². The number of ether oxygens (including phenoxy) is 1. The third-order valence-electron chi connectivity index (χ3n) is 5.92. The zero-order valence-corrected chi connectivity index (χ0v) is 22.5. The lowest BCUT2D eigenvalue weighted by atomic mass is 10.1. The molecule has 0 saturated carbocycles. The molecule has 188 valence electrons. The summed E-state index contributed by atoms with van der Waals surface area (Å²) in [5, 5.41) is 3.29. The smallest absolute Gasteiger partial charge is 0.267 e. The first-order valence-corrected chi connectivity index (χ1v) is 13.2. The maximum absolute atomic E-state index is 13.5. The number of aryl methyl sites for hydroxylation is 1. The quantitative estimate of drug-likeness (QED) is 0.235. The van der Waals surface area contributed by atoms with Crippen molar-refractivity contribution in [3.63, 3.8) is 0 Å². The summed E-state index contributed by atoms with van der Waals surface area (Å²) in [6.45, 7) is 9.03. The minimum atomic E-state index is -0.244. The number of benzene rings is 1. The molecule has 1 atom stereocenters. The molecule has 0 radical (unpaired) electrons. The van der Waals surface area contributed by atoms with Crippen LogP contribution in [0.2, 0.25) is 0 Å². The lowest BCUT2D eigenvalue weighted by molar-refractivity contribution is -0.123. The van der Waals surface area contributed by atoms with Crippen molar-refractivity contribution >= 4 is 51.7 Å². The van der Waals surface area contributed by atoms with Gasteiger partial charge in [0.2, 0.25) is 0 Å². The summed E-state index contributed by atoms with van der Waals surface area (Å²) in [6.07, 6.45) is 4.22. The second kappa shape index (κ2) is 11.4. The molecule has 1 amide bonds. The zero-order valence-electron chi connectivity index (χ0n) is 20.9. The summed E-state index contributed by atoms with van der Waals surface area (Å²) < 4.78 is 7.60. The van der Waals surface area contributed by atoms with Gasteiger partial charge in [-0.1, -0.05) is 60.4 Å². The first kappa shape index (κ1) is 26.1. The number of nitrogens with zero attached hydrogens (tertiary/aromatic N) is 3. The van der Waals surface area contributed by atoms with Crippen molar-refractivity contribution in [2.75, 3.05) is 18.5 Å². The van der Waals surface area contributed by atoms with Gasteiger partial charge in [0.15, 0.2) is 0 Å². The van der Waals surface area contributed by atoms with Gasteiger partial charge in [0.25, 0.3) is 11.5 Å². The molecule has 0 bridgehead atoms. The fourth-order valence-corrected chi connectivity index (χ4v) is 5.40. The van der Waals surface area contributed by atoms with Gasteiger partial charge < -0.3 is 10.1 Å². The van der Waals surface area contributed by atoms with E-state index >= 15 is 0 Å². The van der Waals surface area contributed by atoms with Gasteiger partial charge in [0, 0.05) is 19.3 Å². The largest absolute Gasteiger partial charge is 0.379 e. The minimum Gasteiger partial charge on any atom is -0.379 e. The average molecular weight is 523 g/mol. The second-order valence-electron chi connectivity index (χ2n) is 8.90. The minimum absolute atomic E-state index is 0.159. The SMILES string of the molecule is Cc1cccn2c(=O)c(/C=C3\SC(=S)N(C(C)c4ccccc4)C3=O)c(NCCCOC(C)C)nc12. The molecule has 3 aromatic rings. The van der Waals surface area contributed by atoms with Crippen LogP contribution >= 0.6 is 24.0 Å². The summed E-state index contributed by atoms with van der Waals surface area (Å²) in [5.74, 6) is 0.228. The molecule has 1 saturated heterocycles. The number of fused-ring (bicyclic) bond motifs is 1. The highest BCUT2D eigenvalue weighted by Crippen LogP contribution is 2.38. The average Bonchev–Trinajstić information content (AvgIpc) is 3.14. The van der Waals surface area contributed by atoms with E-state index in [-0.39, 0.29) is 23.6 Å². The fraction of sp³-hybridized carbons (Fsp3) is 0.333. The van der Waals surface area contributed by atoms with E-state index in [1.165, 1.54) is 16.2 Å². The number of hydrogen-bond acceptors (Lipinski definition) is 7. The number of aromatic nitrogens is 2. The predicted octanol–water partition coefficient (Wildman–Crippen LogP) is 5.19. The molecular weight excluding hydrogens is 492 g/mol. The first-order chi connectivity index (χ1) is 17.3. The number of nitrogens with one attached hydrogen (secondary N) is 1. The van der Waals surface area contributed by atoms with E-state index in [0.717, 1.165) is 17.5 Å². The van der Waals surface area contributed by atoms with E-state index in [4.69, 9.17) is 21.9 Å². The van der Waals surface area contributed by atoms with Gasteiger partial charge >= 0.3 is 0 Å². The molecule has 0 spiro atoms. The predicted molar refractivity (Wildman–Crippen MR) is 150 cm³/mol. The maximum Gasteiger partial charge on any atom is 0.267 e. The topological polar surface area (TPSA) is 75.9 Å². The van der Waals surface area contributed by atoms with Crippen molar-refractivity contribution in [3.8, 4) is 0 Å². The molecule has 1 aromatic carbocycles. The Labute approximate surface area is 220 Å². The van der Waals surface area contributed by atoms with Crippen LogP contribution < -0.4 is 10.9 Å². The second-order valence-corrected chi connectivity index (χ2v) is 10.6. The standard InChI is InChI=1S/C27H30N4O3S2/c1-17(2)34-15-9-13-28-23-21(25(32)30-14-8-10-18(3)24(30)29-23)16-22-26(33)31(27(35)36-22)19(4)20-11-6-5-7-12-20/h5-8,10-12,14,16-17,19,28H,9,13,15H2,1-4H3/b22-16-. The van der Waals surface area contributed by atoms with E-state index in [2.05, 4.69) is 5.32 Å². The number of carbonyl (C=O) groups excluding carboxylic acids is 1. The molecule has 0 aliphatic carbocycles. The maximum atomic E-state index is 13.5. The summed E-state index contributed by atoms with van der Waals surface area (Å²) in [7, 11) is 0. The number of hydrogen-bond donors (Lipinski definition) is 1. The lowest BCUT2D eigenvalue weighted by Crippen LogP contribution is -2.31. The molecule has 1 fully saturated rings. The van der Waals surface area contributed by atoms with Crippen LogP contribution in [0.4, 0.5) is 5.82 Å². The fourth-order valence-electron chi connectivity index (χ4n) is 4.00. The molecular formula is C27H30N4O3S2. The van der Waals surface area contributed by atoms with Crippen molar-refractivity contribution < 1.29 is 9.53 Å². The summed E-state index contributed by atoms with van der Waals surface area (Å²) in [4.78, 5) is 33.7. The van der Waals surface area contributed by atoms with E-state index in [1.807, 2.05) is 70.2 Å². The number of thiocarbonyl (C=S) groups is 1. The van der Waals surface area contributed by atoms with Gasteiger partial charge in [-0.3, -0.25) is 18.9 Å². The summed E-state index contributed by atoms with van der Waals surface area (Å²) >= 11 is 6.77. The van der Waals surface area contributed by atoms with Crippen molar-refractivity contribution in [3.05, 3.63) is 80.6 Å². The van der Waals surface area contributed by atoms with Crippen LogP contribution in [0.5, 0.6) is 0 Å². The van der Waals surface area contributed by atoms with Gasteiger partial charge in [-0.15, -0.1) is 0 Å². The lowest BCUT2D eigenvalue weighted by Gasteiger charge is -2.23. The van der Waals surface area contributed by atoms with Crippen LogP contribution in [0, 0.1) is 6.92 Å². The number of thioether (sulfide) groups is 1. The molecule has 1 N–H and O–H groups in total. The Morgan fingerprint density at radius 2 is 1.89 bits per heavy atom. The Hall–Kier alpha value is -3.01. The van der Waals surface area contributed by atoms with E-state index in [1.54, 1.807) is 17.2 Å². The highest BCUT2D eigenvalue weighted by atomic mass is 32.2. The third kappa shape index (κ3) is 5.53. The first-order valence-electron chi connectivity index (χ1n) is 12.0. The molecule has 1 unspecified atom stereocenters. The van der Waals surface area contributed by atoms with Crippen molar-refractivity contribution in [2.24, 2.45) is 0 Å². The molecule has 4 rings (SSSR count). The van der Waals surface area contributed by atoms with Crippen LogP contribution in [0.25, 0.3) is 11.7 Å². The molecule has 2 aromatic heterocycles. The van der Waals surface area contributed by atoms with Gasteiger partial charge in [0.1, 0.15) is 15.8 Å². The van der Waals surface area contributed by atoms with Crippen molar-refractivity contribution in [1.82, 2.24) is 14.3 Å². The Morgan fingerprint density at radius 1 is 1.14 bits per heavy atom. The number of pyridine rings is 1. The normalized spacial score (nSPS) is 15.9. The number of rotatable bonds is 9. The van der Waals surface area contributed by atoms with Gasteiger partial charge in [0.05, 0.1) is 22.6 Å². The summed E-state index contributed by atoms with van der Waals surface area (Å²) in [5.41, 5.74) is 2.53. The highest BCUT2D eigenvalue weighted by molar-refractivity contribution is 8.26. The Kier molecular flexibility index (Phi) is 8.23. The number of carbonyl (C=O) groups is 1. The Morgan fingerprint density at radius 3 is 2.61 bits per heavy atom. The van der Waals surface area contributed by atoms with Crippen LogP contribution in [0.15, 0.2) is 58.4 Å². The van der Waals surface area contributed by atoms with Crippen LogP contribution in [-0.4, -0.2) is 43.8 Å². The molecule has 1 aliphatic rings. The molecule has 1 aliphatic heterocycles. The zero-order chi connectivity index (χ0) is 25.8. The molecule has 3 heterocycles. The Balaban J connectivity index is 1.69. The molecule has 36 heavy (non-hydrogen) atoms.